The first-order valence-corrected chi connectivity index (χ1v) is 8.94. The van der Waals surface area contributed by atoms with E-state index in [4.69, 9.17) is 4.74 Å². The van der Waals surface area contributed by atoms with E-state index < -0.39 is 0 Å². The van der Waals surface area contributed by atoms with Gasteiger partial charge in [0, 0.05) is 31.7 Å². The molecule has 1 saturated heterocycles. The van der Waals surface area contributed by atoms with Crippen LogP contribution in [-0.2, 0) is 4.79 Å². The Morgan fingerprint density at radius 1 is 0.880 bits per heavy atom. The summed E-state index contributed by atoms with van der Waals surface area (Å²) in [6.07, 6.45) is 0. The maximum atomic E-state index is 12.4. The third-order valence-electron chi connectivity index (χ3n) is 4.13. The van der Waals surface area contributed by atoms with E-state index in [-0.39, 0.29) is 18.4 Å². The van der Waals surface area contributed by atoms with Crippen molar-refractivity contribution >= 4 is 27.7 Å². The van der Waals surface area contributed by atoms with E-state index in [1.165, 1.54) is 0 Å². The molecule has 5 nitrogen and oxygen atoms in total. The minimum absolute atomic E-state index is 0.00472. The predicted octanol–water partition coefficient (Wildman–Crippen LogP) is 2.81. The van der Waals surface area contributed by atoms with Crippen LogP contribution >= 0.6 is 15.9 Å². The number of ether oxygens (including phenoxy) is 1. The summed E-state index contributed by atoms with van der Waals surface area (Å²) < 4.78 is 6.40. The lowest BCUT2D eigenvalue weighted by Gasteiger charge is -2.34. The van der Waals surface area contributed by atoms with Crippen molar-refractivity contribution in [1.29, 1.82) is 0 Å². The van der Waals surface area contributed by atoms with E-state index >= 15 is 0 Å². The molecule has 1 fully saturated rings. The Labute approximate surface area is 155 Å². The zero-order chi connectivity index (χ0) is 17.6. The molecule has 0 N–H and O–H groups in total. The van der Waals surface area contributed by atoms with E-state index in [0.717, 1.165) is 4.47 Å². The third-order valence-corrected chi connectivity index (χ3v) is 4.78. The summed E-state index contributed by atoms with van der Waals surface area (Å²) in [6.45, 7) is 2.12. The number of hydrogen-bond acceptors (Lipinski definition) is 3. The molecule has 0 spiro atoms. The summed E-state index contributed by atoms with van der Waals surface area (Å²) in [7, 11) is 0. The van der Waals surface area contributed by atoms with Gasteiger partial charge in [-0.1, -0.05) is 30.3 Å². The second kappa shape index (κ2) is 8.16. The second-order valence-corrected chi connectivity index (χ2v) is 6.61. The van der Waals surface area contributed by atoms with E-state index in [2.05, 4.69) is 15.9 Å². The van der Waals surface area contributed by atoms with Crippen molar-refractivity contribution in [2.24, 2.45) is 0 Å². The van der Waals surface area contributed by atoms with Gasteiger partial charge in [0.15, 0.2) is 6.61 Å². The van der Waals surface area contributed by atoms with Crippen LogP contribution in [0.5, 0.6) is 5.75 Å². The van der Waals surface area contributed by atoms with E-state index in [0.29, 0.717) is 37.5 Å². The molecule has 3 rings (SSSR count). The molecule has 2 amide bonds. The number of carbonyl (C=O) groups is 2. The van der Waals surface area contributed by atoms with Crippen LogP contribution in [0.25, 0.3) is 0 Å². The van der Waals surface area contributed by atoms with Gasteiger partial charge in [-0.05, 0) is 40.2 Å². The molecule has 0 saturated carbocycles. The highest BCUT2D eigenvalue weighted by Gasteiger charge is 2.25. The number of para-hydroxylation sites is 1. The molecule has 1 heterocycles. The Balaban J connectivity index is 1.49. The Bertz CT molecular complexity index is 743. The molecule has 2 aromatic rings. The van der Waals surface area contributed by atoms with Crippen LogP contribution in [0.3, 0.4) is 0 Å². The Kier molecular flexibility index (Phi) is 5.71. The molecule has 6 heteroatoms. The number of halogens is 1. The molecule has 0 aromatic heterocycles. The molecule has 1 aliphatic rings. The van der Waals surface area contributed by atoms with Gasteiger partial charge in [-0.15, -0.1) is 0 Å². The lowest BCUT2D eigenvalue weighted by molar-refractivity contribution is -0.134. The molecule has 130 valence electrons. The van der Waals surface area contributed by atoms with Crippen molar-refractivity contribution in [2.45, 2.75) is 0 Å². The third kappa shape index (κ3) is 4.39. The molecule has 0 bridgehead atoms. The molecule has 2 aromatic carbocycles. The van der Waals surface area contributed by atoms with Crippen molar-refractivity contribution in [1.82, 2.24) is 9.80 Å². The fraction of sp³-hybridized carbons (Fsp3) is 0.263. The summed E-state index contributed by atoms with van der Waals surface area (Å²) in [5.41, 5.74) is 0.680. The normalized spacial score (nSPS) is 14.3. The van der Waals surface area contributed by atoms with Gasteiger partial charge >= 0.3 is 0 Å². The van der Waals surface area contributed by atoms with E-state index in [9.17, 15) is 9.59 Å². The first kappa shape index (κ1) is 17.5. The van der Waals surface area contributed by atoms with Crippen molar-refractivity contribution in [2.75, 3.05) is 32.8 Å². The summed E-state index contributed by atoms with van der Waals surface area (Å²) in [5, 5.41) is 0. The number of amides is 2. The van der Waals surface area contributed by atoms with Gasteiger partial charge in [0.2, 0.25) is 0 Å². The number of hydrogen-bond donors (Lipinski definition) is 0. The Hall–Kier alpha value is -2.34. The number of rotatable bonds is 4. The fourth-order valence-corrected chi connectivity index (χ4v) is 3.11. The smallest absolute Gasteiger partial charge is 0.260 e. The average molecular weight is 403 g/mol. The van der Waals surface area contributed by atoms with Crippen molar-refractivity contribution in [3.05, 3.63) is 64.6 Å². The van der Waals surface area contributed by atoms with Gasteiger partial charge in [-0.3, -0.25) is 9.59 Å². The Morgan fingerprint density at radius 2 is 1.48 bits per heavy atom. The monoisotopic (exact) mass is 402 g/mol. The SMILES string of the molecule is O=C(COc1ccccc1Br)N1CCN(C(=O)c2ccccc2)CC1. The molecule has 25 heavy (non-hydrogen) atoms. The van der Waals surface area contributed by atoms with Crippen LogP contribution in [0.15, 0.2) is 59.1 Å². The maximum Gasteiger partial charge on any atom is 0.260 e. The molecule has 0 atom stereocenters. The van der Waals surface area contributed by atoms with Crippen LogP contribution in [0, 0.1) is 0 Å². The number of nitrogens with zero attached hydrogens (tertiary/aromatic N) is 2. The Morgan fingerprint density at radius 3 is 2.16 bits per heavy atom. The highest BCUT2D eigenvalue weighted by Crippen LogP contribution is 2.23. The van der Waals surface area contributed by atoms with Crippen LogP contribution in [0.1, 0.15) is 10.4 Å². The van der Waals surface area contributed by atoms with Crippen molar-refractivity contribution < 1.29 is 14.3 Å². The molecule has 0 aliphatic carbocycles. The summed E-state index contributed by atoms with van der Waals surface area (Å²) in [5.74, 6) is 0.591. The van der Waals surface area contributed by atoms with Crippen molar-refractivity contribution in [3.8, 4) is 5.75 Å². The van der Waals surface area contributed by atoms with E-state index in [1.54, 1.807) is 9.80 Å². The quantitative estimate of drug-likeness (QED) is 0.789. The van der Waals surface area contributed by atoms with Gasteiger partial charge in [-0.25, -0.2) is 0 Å². The lowest BCUT2D eigenvalue weighted by atomic mass is 10.2. The van der Waals surface area contributed by atoms with Crippen LogP contribution < -0.4 is 4.74 Å². The van der Waals surface area contributed by atoms with Crippen molar-refractivity contribution in [3.63, 3.8) is 0 Å². The van der Waals surface area contributed by atoms with Gasteiger partial charge in [0.05, 0.1) is 4.47 Å². The fourth-order valence-electron chi connectivity index (χ4n) is 2.71. The zero-order valence-electron chi connectivity index (χ0n) is 13.7. The molecular weight excluding hydrogens is 384 g/mol. The van der Waals surface area contributed by atoms with E-state index in [1.807, 2.05) is 54.6 Å². The first-order chi connectivity index (χ1) is 12.1. The highest BCUT2D eigenvalue weighted by molar-refractivity contribution is 9.10. The van der Waals surface area contributed by atoms with Gasteiger partial charge in [0.1, 0.15) is 5.75 Å². The number of benzene rings is 2. The van der Waals surface area contributed by atoms with Crippen LogP contribution in [0.2, 0.25) is 0 Å². The van der Waals surface area contributed by atoms with Gasteiger partial charge < -0.3 is 14.5 Å². The average Bonchev–Trinajstić information content (AvgIpc) is 2.67. The standard InChI is InChI=1S/C19H19BrN2O3/c20-16-8-4-5-9-17(16)25-14-18(23)21-10-12-22(13-11-21)19(24)15-6-2-1-3-7-15/h1-9H,10-14H2. The minimum atomic E-state index is -0.0671. The predicted molar refractivity (Wildman–Crippen MR) is 98.6 cm³/mol. The summed E-state index contributed by atoms with van der Waals surface area (Å²) >= 11 is 3.39. The minimum Gasteiger partial charge on any atom is -0.483 e. The summed E-state index contributed by atoms with van der Waals surface area (Å²) in [6, 6.07) is 16.6. The zero-order valence-corrected chi connectivity index (χ0v) is 15.3. The number of piperazine rings is 1. The largest absolute Gasteiger partial charge is 0.483 e. The summed E-state index contributed by atoms with van der Waals surface area (Å²) in [4.78, 5) is 28.3. The first-order valence-electron chi connectivity index (χ1n) is 8.14. The topological polar surface area (TPSA) is 49.9 Å². The number of carbonyl (C=O) groups excluding carboxylic acids is 2. The van der Waals surface area contributed by atoms with Crippen LogP contribution in [-0.4, -0.2) is 54.4 Å². The molecular formula is C19H19BrN2O3. The lowest BCUT2D eigenvalue weighted by Crippen LogP contribution is -2.51. The van der Waals surface area contributed by atoms with Crippen LogP contribution in [0.4, 0.5) is 0 Å². The molecule has 1 aliphatic heterocycles. The molecule has 0 unspecified atom stereocenters. The van der Waals surface area contributed by atoms with Gasteiger partial charge in [0.25, 0.3) is 11.8 Å². The maximum absolute atomic E-state index is 12.4. The highest BCUT2D eigenvalue weighted by atomic mass is 79.9. The second-order valence-electron chi connectivity index (χ2n) is 5.76. The van der Waals surface area contributed by atoms with Gasteiger partial charge in [-0.2, -0.15) is 0 Å². The molecule has 0 radical (unpaired) electrons.